The van der Waals surface area contributed by atoms with E-state index in [1.165, 1.54) is 38.5 Å². The quantitative estimate of drug-likeness (QED) is 0.107. The van der Waals surface area contributed by atoms with Crippen molar-refractivity contribution >= 4 is 5.96 Å². The molecular weight excluding hydrogens is 266 g/mol. The van der Waals surface area contributed by atoms with E-state index in [0.717, 1.165) is 39.0 Å². The summed E-state index contributed by atoms with van der Waals surface area (Å²) in [6, 6.07) is 0. The summed E-state index contributed by atoms with van der Waals surface area (Å²) in [4.78, 5) is 3.96. The standard InChI is InChI=1S/C14H35N7/c15-13(16)20-11-7-3-1-5-9-19-10-6-2-4-8-12-21-14(17)18/h13,19-20H,1-12,15-16H2,(H4,17,18,21). The van der Waals surface area contributed by atoms with Crippen LogP contribution in [-0.4, -0.2) is 38.4 Å². The minimum atomic E-state index is -0.383. The van der Waals surface area contributed by atoms with E-state index in [9.17, 15) is 0 Å². The molecule has 7 nitrogen and oxygen atoms in total. The van der Waals surface area contributed by atoms with Crippen molar-refractivity contribution in [2.45, 2.75) is 57.7 Å². The number of hydrogen-bond acceptors (Lipinski definition) is 5. The van der Waals surface area contributed by atoms with Crippen molar-refractivity contribution in [3.8, 4) is 0 Å². The van der Waals surface area contributed by atoms with E-state index in [0.29, 0.717) is 0 Å². The van der Waals surface area contributed by atoms with Gasteiger partial charge >= 0.3 is 0 Å². The zero-order valence-electron chi connectivity index (χ0n) is 13.3. The highest BCUT2D eigenvalue weighted by atomic mass is 15.1. The molecule has 0 radical (unpaired) electrons. The molecule has 0 bridgehead atoms. The van der Waals surface area contributed by atoms with Gasteiger partial charge in [-0.25, -0.2) is 0 Å². The topological polar surface area (TPSA) is 140 Å². The molecule has 0 aromatic rings. The third-order valence-corrected chi connectivity index (χ3v) is 3.22. The van der Waals surface area contributed by atoms with Crippen molar-refractivity contribution in [3.05, 3.63) is 0 Å². The van der Waals surface area contributed by atoms with Gasteiger partial charge in [0.2, 0.25) is 0 Å². The molecule has 0 fully saturated rings. The summed E-state index contributed by atoms with van der Waals surface area (Å²) >= 11 is 0. The van der Waals surface area contributed by atoms with Crippen LogP contribution >= 0.6 is 0 Å². The molecule has 0 rings (SSSR count). The minimum Gasteiger partial charge on any atom is -0.370 e. The van der Waals surface area contributed by atoms with Crippen LogP contribution in [0.5, 0.6) is 0 Å². The van der Waals surface area contributed by atoms with E-state index in [1.54, 1.807) is 0 Å². The first kappa shape index (κ1) is 20.1. The van der Waals surface area contributed by atoms with E-state index < -0.39 is 0 Å². The van der Waals surface area contributed by atoms with Crippen LogP contribution in [0.1, 0.15) is 51.4 Å². The fourth-order valence-corrected chi connectivity index (χ4v) is 2.05. The molecule has 0 aliphatic heterocycles. The highest BCUT2D eigenvalue weighted by Crippen LogP contribution is 2.00. The predicted octanol–water partition coefficient (Wildman–Crippen LogP) is -0.239. The molecule has 0 heterocycles. The molecule has 0 aromatic heterocycles. The van der Waals surface area contributed by atoms with E-state index in [-0.39, 0.29) is 12.2 Å². The molecule has 0 aliphatic carbocycles. The lowest BCUT2D eigenvalue weighted by Gasteiger charge is -2.08. The highest BCUT2D eigenvalue weighted by molar-refractivity contribution is 5.75. The lowest BCUT2D eigenvalue weighted by Crippen LogP contribution is -2.45. The Kier molecular flexibility index (Phi) is 14.8. The van der Waals surface area contributed by atoms with Crippen LogP contribution in [0.25, 0.3) is 0 Å². The van der Waals surface area contributed by atoms with E-state index >= 15 is 0 Å². The first-order chi connectivity index (χ1) is 10.1. The van der Waals surface area contributed by atoms with Crippen LogP contribution in [0, 0.1) is 0 Å². The van der Waals surface area contributed by atoms with Gasteiger partial charge in [-0.3, -0.25) is 10.3 Å². The van der Waals surface area contributed by atoms with E-state index in [1.807, 2.05) is 0 Å². The largest absolute Gasteiger partial charge is 0.370 e. The van der Waals surface area contributed by atoms with Crippen LogP contribution in [-0.2, 0) is 0 Å². The zero-order chi connectivity index (χ0) is 15.8. The third kappa shape index (κ3) is 19.1. The molecule has 0 saturated heterocycles. The maximum atomic E-state index is 5.39. The Morgan fingerprint density at radius 1 is 0.762 bits per heavy atom. The second-order valence-electron chi connectivity index (χ2n) is 5.36. The molecule has 0 spiro atoms. The first-order valence-electron chi connectivity index (χ1n) is 8.13. The summed E-state index contributed by atoms with van der Waals surface area (Å²) in [6.07, 6.45) is 9.19. The van der Waals surface area contributed by atoms with E-state index in [2.05, 4.69) is 15.6 Å². The summed E-state index contributed by atoms with van der Waals surface area (Å²) in [5.41, 5.74) is 21.3. The van der Waals surface area contributed by atoms with Crippen molar-refractivity contribution in [1.82, 2.24) is 10.6 Å². The third-order valence-electron chi connectivity index (χ3n) is 3.22. The summed E-state index contributed by atoms with van der Waals surface area (Å²) in [7, 11) is 0. The van der Waals surface area contributed by atoms with Gasteiger partial charge in [0, 0.05) is 6.54 Å². The van der Waals surface area contributed by atoms with Crippen molar-refractivity contribution in [3.63, 3.8) is 0 Å². The number of hydrogen-bond donors (Lipinski definition) is 6. The van der Waals surface area contributed by atoms with Crippen LogP contribution in [0.2, 0.25) is 0 Å². The molecule has 0 aromatic carbocycles. The Labute approximate surface area is 129 Å². The van der Waals surface area contributed by atoms with Gasteiger partial charge in [-0.05, 0) is 45.3 Å². The van der Waals surface area contributed by atoms with Gasteiger partial charge in [-0.2, -0.15) is 0 Å². The average molecular weight is 301 g/mol. The average Bonchev–Trinajstić information content (AvgIpc) is 2.42. The van der Waals surface area contributed by atoms with Gasteiger partial charge in [-0.15, -0.1) is 0 Å². The molecule has 126 valence electrons. The molecule has 0 amide bonds. The van der Waals surface area contributed by atoms with Crippen molar-refractivity contribution in [2.24, 2.45) is 27.9 Å². The smallest absolute Gasteiger partial charge is 0.185 e. The molecule has 0 aliphatic rings. The maximum absolute atomic E-state index is 5.39. The fourth-order valence-electron chi connectivity index (χ4n) is 2.05. The zero-order valence-corrected chi connectivity index (χ0v) is 13.3. The Morgan fingerprint density at radius 2 is 1.29 bits per heavy atom. The Hall–Kier alpha value is -0.890. The van der Waals surface area contributed by atoms with Crippen molar-refractivity contribution < 1.29 is 0 Å². The number of nitrogens with two attached hydrogens (primary N) is 4. The predicted molar refractivity (Wildman–Crippen MR) is 90.6 cm³/mol. The summed E-state index contributed by atoms with van der Waals surface area (Å²) in [6.45, 7) is 3.87. The van der Waals surface area contributed by atoms with Gasteiger partial charge in [0.05, 0.1) is 0 Å². The first-order valence-corrected chi connectivity index (χ1v) is 8.13. The lowest BCUT2D eigenvalue weighted by molar-refractivity contribution is 0.507. The molecule has 0 atom stereocenters. The van der Waals surface area contributed by atoms with Crippen LogP contribution in [0.15, 0.2) is 4.99 Å². The Balaban J connectivity index is 3.01. The summed E-state index contributed by atoms with van der Waals surface area (Å²) in [5, 5.41) is 6.49. The van der Waals surface area contributed by atoms with E-state index in [4.69, 9.17) is 22.9 Å². The van der Waals surface area contributed by atoms with Gasteiger partial charge < -0.3 is 28.3 Å². The minimum absolute atomic E-state index is 0.193. The van der Waals surface area contributed by atoms with Crippen LogP contribution in [0.3, 0.4) is 0 Å². The van der Waals surface area contributed by atoms with Gasteiger partial charge in [0.25, 0.3) is 0 Å². The summed E-state index contributed by atoms with van der Waals surface area (Å²) in [5.74, 6) is 0.193. The number of nitrogens with zero attached hydrogens (tertiary/aromatic N) is 1. The second kappa shape index (κ2) is 15.5. The Morgan fingerprint density at radius 3 is 1.81 bits per heavy atom. The maximum Gasteiger partial charge on any atom is 0.185 e. The molecule has 7 heteroatoms. The SMILES string of the molecule is NC(N)=NCCCCCCNCCCCCCNC(N)N. The van der Waals surface area contributed by atoms with Gasteiger partial charge in [0.1, 0.15) is 6.29 Å². The number of aliphatic imine (C=N–C) groups is 1. The fraction of sp³-hybridized carbons (Fsp3) is 0.929. The number of rotatable bonds is 15. The number of nitrogens with one attached hydrogen (secondary N) is 2. The molecule has 0 saturated carbocycles. The number of unbranched alkanes of at least 4 members (excludes halogenated alkanes) is 6. The van der Waals surface area contributed by atoms with Crippen molar-refractivity contribution in [1.29, 1.82) is 0 Å². The molecule has 10 N–H and O–H groups in total. The molecule has 0 unspecified atom stereocenters. The lowest BCUT2D eigenvalue weighted by atomic mass is 10.2. The van der Waals surface area contributed by atoms with Gasteiger partial charge in [0.15, 0.2) is 5.96 Å². The normalized spacial score (nSPS) is 11.0. The second-order valence-corrected chi connectivity index (χ2v) is 5.36. The van der Waals surface area contributed by atoms with Crippen LogP contribution in [0.4, 0.5) is 0 Å². The number of guanidine groups is 1. The monoisotopic (exact) mass is 301 g/mol. The molecular formula is C14H35N7. The van der Waals surface area contributed by atoms with Gasteiger partial charge in [-0.1, -0.05) is 25.7 Å². The van der Waals surface area contributed by atoms with Crippen LogP contribution < -0.4 is 33.6 Å². The summed E-state index contributed by atoms with van der Waals surface area (Å²) < 4.78 is 0. The Bertz CT molecular complexity index is 239. The van der Waals surface area contributed by atoms with Crippen molar-refractivity contribution in [2.75, 3.05) is 26.2 Å². The molecule has 21 heavy (non-hydrogen) atoms. The highest BCUT2D eigenvalue weighted by Gasteiger charge is 1.94.